The summed E-state index contributed by atoms with van der Waals surface area (Å²) < 4.78 is 11.6. The molecule has 0 spiro atoms. The summed E-state index contributed by atoms with van der Waals surface area (Å²) >= 11 is 9.58. The van der Waals surface area contributed by atoms with Crippen LogP contribution in [0.3, 0.4) is 0 Å². The van der Waals surface area contributed by atoms with Crippen LogP contribution in [0, 0.1) is 0 Å². The Labute approximate surface area is 144 Å². The normalized spacial score (nSPS) is 31.5. The fraction of sp³-hybridized carbons (Fsp3) is 0.429. The molecule has 2 heterocycles. The van der Waals surface area contributed by atoms with Crippen LogP contribution in [0.2, 0.25) is 5.02 Å². The number of benzene rings is 1. The van der Waals surface area contributed by atoms with Crippen molar-refractivity contribution in [2.75, 3.05) is 6.61 Å². The molecule has 1 fully saturated rings. The minimum Gasteiger partial charge on any atom is -0.460 e. The van der Waals surface area contributed by atoms with Gasteiger partial charge in [-0.15, -0.1) is 0 Å². The number of halogens is 2. The second-order valence-corrected chi connectivity index (χ2v) is 6.48. The number of nitrogens with one attached hydrogen (secondary N) is 1. The Morgan fingerprint density at radius 2 is 1.96 bits per heavy atom. The van der Waals surface area contributed by atoms with E-state index in [9.17, 15) is 20.4 Å². The zero-order chi connectivity index (χ0) is 16.7. The largest absolute Gasteiger partial charge is 0.460 e. The highest BCUT2D eigenvalue weighted by atomic mass is 79.9. The fourth-order valence-electron chi connectivity index (χ4n) is 2.51. The molecule has 7 nitrogen and oxygen atoms in total. The van der Waals surface area contributed by atoms with Crippen molar-refractivity contribution < 1.29 is 29.9 Å². The van der Waals surface area contributed by atoms with Gasteiger partial charge in [-0.1, -0.05) is 11.6 Å². The molecule has 0 unspecified atom stereocenters. The molecule has 1 aromatic heterocycles. The molecule has 1 aliphatic heterocycles. The quantitative estimate of drug-likeness (QED) is 0.512. The number of hydrogen-bond donors (Lipinski definition) is 5. The Kier molecular flexibility index (Phi) is 4.84. The van der Waals surface area contributed by atoms with Gasteiger partial charge < -0.3 is 34.9 Å². The third-order valence-corrected chi connectivity index (χ3v) is 5.07. The number of H-pyrrole nitrogens is 1. The van der Waals surface area contributed by atoms with E-state index in [2.05, 4.69) is 20.9 Å². The molecule has 5 N–H and O–H groups in total. The average Bonchev–Trinajstić information content (AvgIpc) is 2.95. The van der Waals surface area contributed by atoms with E-state index in [0.29, 0.717) is 20.6 Å². The number of fused-ring (bicyclic) bond motifs is 1. The van der Waals surface area contributed by atoms with Crippen LogP contribution in [-0.4, -0.2) is 62.7 Å². The summed E-state index contributed by atoms with van der Waals surface area (Å²) in [5, 5.41) is 39.8. The molecule has 0 saturated carbocycles. The SMILES string of the molecule is OC[C@@H]1O[C@H](Oc2c[nH]c3ccc(Br)c(Cl)c23)[C@@H](O)[C@H](O)[C@@H]1O. The van der Waals surface area contributed by atoms with Crippen LogP contribution in [0.1, 0.15) is 0 Å². The van der Waals surface area contributed by atoms with E-state index in [0.717, 1.165) is 5.52 Å². The van der Waals surface area contributed by atoms with Crippen molar-refractivity contribution in [2.45, 2.75) is 30.7 Å². The van der Waals surface area contributed by atoms with Gasteiger partial charge in [-0.3, -0.25) is 0 Å². The molecule has 0 amide bonds. The molecule has 9 heteroatoms. The van der Waals surface area contributed by atoms with Crippen molar-refractivity contribution in [3.8, 4) is 5.75 Å². The van der Waals surface area contributed by atoms with Gasteiger partial charge in [0.2, 0.25) is 6.29 Å². The van der Waals surface area contributed by atoms with E-state index in [4.69, 9.17) is 21.1 Å². The monoisotopic (exact) mass is 407 g/mol. The average molecular weight is 409 g/mol. The molecule has 0 bridgehead atoms. The molecular formula is C14H15BrClNO6. The van der Waals surface area contributed by atoms with E-state index in [1.807, 2.05) is 0 Å². The second kappa shape index (κ2) is 6.56. The summed E-state index contributed by atoms with van der Waals surface area (Å²) in [6.07, 6.45) is -5.17. The molecule has 23 heavy (non-hydrogen) atoms. The summed E-state index contributed by atoms with van der Waals surface area (Å²) in [5.74, 6) is 0.315. The lowest BCUT2D eigenvalue weighted by molar-refractivity contribution is -0.277. The van der Waals surface area contributed by atoms with E-state index < -0.39 is 37.3 Å². The van der Waals surface area contributed by atoms with E-state index in [-0.39, 0.29) is 0 Å². The molecule has 1 aliphatic rings. The van der Waals surface area contributed by atoms with Crippen molar-refractivity contribution in [3.05, 3.63) is 27.8 Å². The van der Waals surface area contributed by atoms with Gasteiger partial charge in [0, 0.05) is 10.7 Å². The van der Waals surface area contributed by atoms with E-state index in [1.165, 1.54) is 0 Å². The highest BCUT2D eigenvalue weighted by molar-refractivity contribution is 9.10. The first-order valence-corrected chi connectivity index (χ1v) is 8.03. The van der Waals surface area contributed by atoms with Crippen LogP contribution in [0.4, 0.5) is 0 Å². The smallest absolute Gasteiger partial charge is 0.229 e. The van der Waals surface area contributed by atoms with Gasteiger partial charge in [0.15, 0.2) is 0 Å². The van der Waals surface area contributed by atoms with Crippen molar-refractivity contribution in [2.24, 2.45) is 0 Å². The summed E-state index contributed by atoms with van der Waals surface area (Å²) in [6.45, 7) is -0.523. The summed E-state index contributed by atoms with van der Waals surface area (Å²) in [5.41, 5.74) is 0.720. The minimum absolute atomic E-state index is 0.315. The summed E-state index contributed by atoms with van der Waals surface area (Å²) in [6, 6.07) is 3.57. The molecular weight excluding hydrogens is 394 g/mol. The standard InChI is InChI=1S/C14H15BrClNO6/c15-5-1-2-6-9(10(5)16)7(3-17-6)22-14-13(21)12(20)11(19)8(4-18)23-14/h1-3,8,11-14,17-21H,4H2/t8-,11+,12+,13-,14-/m0/s1. The van der Waals surface area contributed by atoms with Gasteiger partial charge in [0.05, 0.1) is 22.5 Å². The maximum Gasteiger partial charge on any atom is 0.229 e. The zero-order valence-corrected chi connectivity index (χ0v) is 14.0. The van der Waals surface area contributed by atoms with Crippen LogP contribution in [-0.2, 0) is 4.74 Å². The maximum atomic E-state index is 10.0. The predicted molar refractivity (Wildman–Crippen MR) is 85.4 cm³/mol. The summed E-state index contributed by atoms with van der Waals surface area (Å²) in [4.78, 5) is 2.98. The van der Waals surface area contributed by atoms with Gasteiger partial charge in [-0.2, -0.15) is 0 Å². The van der Waals surface area contributed by atoms with E-state index >= 15 is 0 Å². The Morgan fingerprint density at radius 3 is 2.65 bits per heavy atom. The molecule has 3 rings (SSSR count). The number of aliphatic hydroxyl groups is 4. The predicted octanol–water partition coefficient (Wildman–Crippen LogP) is 0.762. The fourth-order valence-corrected chi connectivity index (χ4v) is 3.10. The van der Waals surface area contributed by atoms with Crippen molar-refractivity contribution in [1.82, 2.24) is 4.98 Å². The number of aromatic amines is 1. The van der Waals surface area contributed by atoms with Gasteiger partial charge in [0.1, 0.15) is 30.2 Å². The number of aliphatic hydroxyl groups excluding tert-OH is 4. The van der Waals surface area contributed by atoms with Crippen molar-refractivity contribution in [1.29, 1.82) is 0 Å². The lowest BCUT2D eigenvalue weighted by atomic mass is 9.99. The third kappa shape index (κ3) is 2.96. The highest BCUT2D eigenvalue weighted by Crippen LogP contribution is 2.38. The second-order valence-electron chi connectivity index (χ2n) is 5.25. The Hall–Kier alpha value is -0.870. The number of hydrogen-bond acceptors (Lipinski definition) is 6. The van der Waals surface area contributed by atoms with Crippen LogP contribution in [0.15, 0.2) is 22.8 Å². The number of ether oxygens (including phenoxy) is 2. The van der Waals surface area contributed by atoms with Crippen LogP contribution < -0.4 is 4.74 Å². The lowest BCUT2D eigenvalue weighted by Crippen LogP contribution is -2.60. The van der Waals surface area contributed by atoms with Crippen molar-refractivity contribution >= 4 is 38.4 Å². The molecule has 126 valence electrons. The molecule has 0 aliphatic carbocycles. The topological polar surface area (TPSA) is 115 Å². The minimum atomic E-state index is -1.50. The maximum absolute atomic E-state index is 10.0. The summed E-state index contributed by atoms with van der Waals surface area (Å²) in [7, 11) is 0. The zero-order valence-electron chi connectivity index (χ0n) is 11.7. The van der Waals surface area contributed by atoms with Crippen LogP contribution >= 0.6 is 27.5 Å². The first-order valence-electron chi connectivity index (χ1n) is 6.86. The van der Waals surface area contributed by atoms with E-state index in [1.54, 1.807) is 18.3 Å². The third-order valence-electron chi connectivity index (χ3n) is 3.79. The molecule has 1 aromatic carbocycles. The molecule has 1 saturated heterocycles. The van der Waals surface area contributed by atoms with Gasteiger partial charge in [0.25, 0.3) is 0 Å². The van der Waals surface area contributed by atoms with Crippen molar-refractivity contribution in [3.63, 3.8) is 0 Å². The first kappa shape index (κ1) is 17.0. The molecule has 2 aromatic rings. The first-order chi connectivity index (χ1) is 10.9. The number of rotatable bonds is 3. The lowest BCUT2D eigenvalue weighted by Gasteiger charge is -2.39. The van der Waals surface area contributed by atoms with Crippen LogP contribution in [0.5, 0.6) is 5.75 Å². The van der Waals surface area contributed by atoms with Gasteiger partial charge >= 0.3 is 0 Å². The Balaban J connectivity index is 1.91. The highest BCUT2D eigenvalue weighted by Gasteiger charge is 2.44. The van der Waals surface area contributed by atoms with Crippen LogP contribution in [0.25, 0.3) is 10.9 Å². The molecule has 5 atom stereocenters. The molecule has 0 radical (unpaired) electrons. The van der Waals surface area contributed by atoms with Gasteiger partial charge in [-0.05, 0) is 28.1 Å². The van der Waals surface area contributed by atoms with Gasteiger partial charge in [-0.25, -0.2) is 0 Å². The Morgan fingerprint density at radius 1 is 1.22 bits per heavy atom. The Bertz CT molecular complexity index is 708. The number of aromatic nitrogens is 1.